The summed E-state index contributed by atoms with van der Waals surface area (Å²) in [6.07, 6.45) is 2.94. The average Bonchev–Trinajstić information content (AvgIpc) is 2.97. The number of aliphatic hydroxyl groups is 1. The Morgan fingerprint density at radius 2 is 1.85 bits per heavy atom. The maximum atomic E-state index is 9.98. The van der Waals surface area contributed by atoms with Crippen molar-refractivity contribution in [3.8, 4) is 11.3 Å². The predicted octanol–water partition coefficient (Wildman–Crippen LogP) is 4.64. The highest BCUT2D eigenvalue weighted by Gasteiger charge is 2.15. The van der Waals surface area contributed by atoms with E-state index in [1.165, 1.54) is 11.1 Å². The lowest BCUT2D eigenvalue weighted by Gasteiger charge is -2.13. The molecular weight excluding hydrogens is 320 g/mol. The fraction of sp³-hybridized carbons (Fsp3) is 0.261. The zero-order valence-corrected chi connectivity index (χ0v) is 15.5. The Balaban J connectivity index is 1.93. The molecular formula is C23H26N2O. The van der Waals surface area contributed by atoms with Crippen LogP contribution in [0.3, 0.4) is 0 Å². The summed E-state index contributed by atoms with van der Waals surface area (Å²) >= 11 is 0. The van der Waals surface area contributed by atoms with Crippen molar-refractivity contribution >= 4 is 0 Å². The molecule has 3 nitrogen and oxygen atoms in total. The van der Waals surface area contributed by atoms with Crippen molar-refractivity contribution in [3.05, 3.63) is 89.9 Å². The molecule has 0 bridgehead atoms. The Hall–Kier alpha value is -2.65. The van der Waals surface area contributed by atoms with Gasteiger partial charge in [-0.15, -0.1) is 0 Å². The number of imidazole rings is 1. The Kier molecular flexibility index (Phi) is 5.69. The highest BCUT2D eigenvalue weighted by molar-refractivity contribution is 5.62. The maximum Gasteiger partial charge on any atom is 0.0959 e. The van der Waals surface area contributed by atoms with E-state index in [1.54, 1.807) is 0 Å². The number of hydrogen-bond acceptors (Lipinski definition) is 2. The zero-order chi connectivity index (χ0) is 18.5. The van der Waals surface area contributed by atoms with Crippen LogP contribution in [0, 0.1) is 0 Å². The molecule has 0 saturated carbocycles. The summed E-state index contributed by atoms with van der Waals surface area (Å²) in [5, 5.41) is 9.98. The number of rotatable bonds is 7. The minimum absolute atomic E-state index is 0.414. The van der Waals surface area contributed by atoms with Gasteiger partial charge in [-0.25, -0.2) is 4.98 Å². The SMILES string of the molecule is C=C(C)Cc1cccc(Cn2cnc(-c3ccccc3)c2CC(C)O)c1. The van der Waals surface area contributed by atoms with Crippen LogP contribution in [-0.4, -0.2) is 20.8 Å². The summed E-state index contributed by atoms with van der Waals surface area (Å²) in [5.74, 6) is 0. The Bertz CT molecular complexity index is 878. The summed E-state index contributed by atoms with van der Waals surface area (Å²) in [7, 11) is 0. The van der Waals surface area contributed by atoms with Gasteiger partial charge in [-0.3, -0.25) is 0 Å². The van der Waals surface area contributed by atoms with E-state index in [-0.39, 0.29) is 0 Å². The third-order valence-corrected chi connectivity index (χ3v) is 4.33. The smallest absolute Gasteiger partial charge is 0.0959 e. The molecule has 0 aliphatic heterocycles. The zero-order valence-electron chi connectivity index (χ0n) is 15.5. The van der Waals surface area contributed by atoms with E-state index in [2.05, 4.69) is 59.5 Å². The molecule has 3 heteroatoms. The second kappa shape index (κ2) is 8.15. The van der Waals surface area contributed by atoms with Crippen LogP contribution in [0.4, 0.5) is 0 Å². The fourth-order valence-electron chi connectivity index (χ4n) is 3.26. The molecule has 1 heterocycles. The number of hydrogen-bond donors (Lipinski definition) is 1. The molecule has 0 saturated heterocycles. The van der Waals surface area contributed by atoms with Crippen LogP contribution < -0.4 is 0 Å². The summed E-state index contributed by atoms with van der Waals surface area (Å²) in [4.78, 5) is 4.64. The van der Waals surface area contributed by atoms with Gasteiger partial charge >= 0.3 is 0 Å². The monoisotopic (exact) mass is 346 g/mol. The second-order valence-corrected chi connectivity index (χ2v) is 7.04. The standard InChI is InChI=1S/C23H26N2O/c1-17(2)12-19-8-7-9-20(14-19)15-25-16-24-23(22(25)13-18(3)26)21-10-5-4-6-11-21/h4-11,14,16,18,26H,1,12-13,15H2,2-3H3. The van der Waals surface area contributed by atoms with Gasteiger partial charge in [0.05, 0.1) is 18.1 Å². The Morgan fingerprint density at radius 3 is 2.54 bits per heavy atom. The van der Waals surface area contributed by atoms with Crippen LogP contribution in [0.1, 0.15) is 30.7 Å². The molecule has 0 fully saturated rings. The van der Waals surface area contributed by atoms with Crippen molar-refractivity contribution in [1.29, 1.82) is 0 Å². The van der Waals surface area contributed by atoms with E-state index in [1.807, 2.05) is 31.5 Å². The quantitative estimate of drug-likeness (QED) is 0.633. The van der Waals surface area contributed by atoms with E-state index < -0.39 is 6.10 Å². The lowest BCUT2D eigenvalue weighted by Crippen LogP contribution is -2.11. The summed E-state index contributed by atoms with van der Waals surface area (Å²) in [5.41, 5.74) is 6.76. The molecule has 26 heavy (non-hydrogen) atoms. The molecule has 0 spiro atoms. The van der Waals surface area contributed by atoms with Crippen molar-refractivity contribution in [2.24, 2.45) is 0 Å². The number of allylic oxidation sites excluding steroid dienone is 1. The van der Waals surface area contributed by atoms with Crippen molar-refractivity contribution in [2.45, 2.75) is 39.3 Å². The number of aliphatic hydroxyl groups excluding tert-OH is 1. The Labute approximate surface area is 155 Å². The average molecular weight is 346 g/mol. The highest BCUT2D eigenvalue weighted by atomic mass is 16.3. The summed E-state index contributed by atoms with van der Waals surface area (Å²) in [6.45, 7) is 8.62. The third kappa shape index (κ3) is 4.50. The molecule has 3 rings (SSSR count). The lowest BCUT2D eigenvalue weighted by molar-refractivity contribution is 0.193. The molecule has 0 aliphatic carbocycles. The second-order valence-electron chi connectivity index (χ2n) is 7.04. The maximum absolute atomic E-state index is 9.98. The molecule has 1 N–H and O–H groups in total. The molecule has 3 aromatic rings. The van der Waals surface area contributed by atoms with Gasteiger partial charge in [0.15, 0.2) is 0 Å². The molecule has 1 aromatic heterocycles. The van der Waals surface area contributed by atoms with Crippen molar-refractivity contribution in [3.63, 3.8) is 0 Å². The Morgan fingerprint density at radius 1 is 1.12 bits per heavy atom. The van der Waals surface area contributed by atoms with Crippen LogP contribution in [0.2, 0.25) is 0 Å². The first-order valence-electron chi connectivity index (χ1n) is 9.02. The van der Waals surface area contributed by atoms with Crippen molar-refractivity contribution in [1.82, 2.24) is 9.55 Å². The van der Waals surface area contributed by atoms with Gasteiger partial charge in [0.2, 0.25) is 0 Å². The summed E-state index contributed by atoms with van der Waals surface area (Å²) < 4.78 is 2.15. The molecule has 2 aromatic carbocycles. The lowest BCUT2D eigenvalue weighted by atomic mass is 10.0. The number of benzene rings is 2. The van der Waals surface area contributed by atoms with Gasteiger partial charge in [0.25, 0.3) is 0 Å². The largest absolute Gasteiger partial charge is 0.393 e. The van der Waals surface area contributed by atoms with Crippen molar-refractivity contribution < 1.29 is 5.11 Å². The van der Waals surface area contributed by atoms with Gasteiger partial charge in [0, 0.05) is 24.2 Å². The van der Waals surface area contributed by atoms with Gasteiger partial charge in [0.1, 0.15) is 0 Å². The molecule has 134 valence electrons. The van der Waals surface area contributed by atoms with E-state index in [9.17, 15) is 5.11 Å². The van der Waals surface area contributed by atoms with E-state index in [0.29, 0.717) is 6.42 Å². The first kappa shape index (κ1) is 18.2. The predicted molar refractivity (Wildman–Crippen MR) is 107 cm³/mol. The van der Waals surface area contributed by atoms with Crippen LogP contribution in [0.25, 0.3) is 11.3 Å². The molecule has 1 unspecified atom stereocenters. The van der Waals surface area contributed by atoms with E-state index >= 15 is 0 Å². The first-order chi connectivity index (χ1) is 12.5. The van der Waals surface area contributed by atoms with Gasteiger partial charge in [-0.2, -0.15) is 0 Å². The van der Waals surface area contributed by atoms with E-state index in [4.69, 9.17) is 0 Å². The van der Waals surface area contributed by atoms with Crippen LogP contribution >= 0.6 is 0 Å². The van der Waals surface area contributed by atoms with Gasteiger partial charge in [-0.05, 0) is 31.4 Å². The highest BCUT2D eigenvalue weighted by Crippen LogP contribution is 2.24. The normalized spacial score (nSPS) is 12.1. The van der Waals surface area contributed by atoms with Crippen LogP contribution in [0.15, 0.2) is 73.1 Å². The van der Waals surface area contributed by atoms with E-state index in [0.717, 1.165) is 35.5 Å². The van der Waals surface area contributed by atoms with Crippen LogP contribution in [-0.2, 0) is 19.4 Å². The molecule has 0 amide bonds. The first-order valence-corrected chi connectivity index (χ1v) is 9.02. The van der Waals surface area contributed by atoms with Gasteiger partial charge in [-0.1, -0.05) is 66.7 Å². The van der Waals surface area contributed by atoms with Gasteiger partial charge < -0.3 is 9.67 Å². The topological polar surface area (TPSA) is 38.0 Å². The molecule has 0 aliphatic rings. The minimum atomic E-state index is -0.414. The van der Waals surface area contributed by atoms with Crippen LogP contribution in [0.5, 0.6) is 0 Å². The summed E-state index contributed by atoms with van der Waals surface area (Å²) in [6, 6.07) is 18.7. The fourth-order valence-corrected chi connectivity index (χ4v) is 3.26. The third-order valence-electron chi connectivity index (χ3n) is 4.33. The number of aromatic nitrogens is 2. The molecule has 0 radical (unpaired) electrons. The van der Waals surface area contributed by atoms with Crippen molar-refractivity contribution in [2.75, 3.05) is 0 Å². The molecule has 1 atom stereocenters. The minimum Gasteiger partial charge on any atom is -0.393 e. The number of nitrogens with zero attached hydrogens (tertiary/aromatic N) is 2.